The Labute approximate surface area is 181 Å². The Hall–Kier alpha value is -1.67. The summed E-state index contributed by atoms with van der Waals surface area (Å²) in [7, 11) is -7.83. The lowest BCUT2D eigenvalue weighted by molar-refractivity contribution is -0.256. The molecule has 12 heteroatoms. The second kappa shape index (κ2) is 9.64. The van der Waals surface area contributed by atoms with Gasteiger partial charge in [-0.3, -0.25) is 0 Å². The Morgan fingerprint density at radius 3 is 1.73 bits per heavy atom. The Morgan fingerprint density at radius 1 is 0.800 bits per heavy atom. The molecule has 2 aromatic carbocycles. The highest BCUT2D eigenvalue weighted by Crippen LogP contribution is 2.50. The summed E-state index contributed by atoms with van der Waals surface area (Å²) in [5, 5.41) is 3.61. The molecular formula is C18H27N3O6S3. The highest BCUT2D eigenvalue weighted by molar-refractivity contribution is 7.99. The number of rotatable bonds is 0. The summed E-state index contributed by atoms with van der Waals surface area (Å²) in [4.78, 5) is 2.59. The van der Waals surface area contributed by atoms with Crippen molar-refractivity contribution in [3.05, 3.63) is 34.4 Å². The zero-order chi connectivity index (χ0) is 23.6. The molecule has 1 heterocycles. The predicted octanol–water partition coefficient (Wildman–Crippen LogP) is 1.20. The monoisotopic (exact) mass is 477 g/mol. The normalized spacial score (nSPS) is 12.3. The fourth-order valence-corrected chi connectivity index (χ4v) is 3.97. The number of quaternary nitrogens is 2. The molecule has 2 aromatic rings. The molecule has 0 aromatic heterocycles. The molecule has 0 spiro atoms. The van der Waals surface area contributed by atoms with Gasteiger partial charge >= 0.3 is 0 Å². The van der Waals surface area contributed by atoms with Crippen LogP contribution in [-0.4, -0.2) is 38.5 Å². The molecule has 0 bridgehead atoms. The molecule has 0 fully saturated rings. The highest BCUT2D eigenvalue weighted by Gasteiger charge is 2.25. The Morgan fingerprint density at radius 2 is 1.27 bits per heavy atom. The van der Waals surface area contributed by atoms with Gasteiger partial charge in [0, 0.05) is 45.1 Å². The molecule has 0 atom stereocenters. The fourth-order valence-electron chi connectivity index (χ4n) is 2.67. The Kier molecular flexibility index (Phi) is 8.47. The first-order chi connectivity index (χ1) is 13.4. The van der Waals surface area contributed by atoms with Crippen LogP contribution in [0.15, 0.2) is 21.9 Å². The van der Waals surface area contributed by atoms with Gasteiger partial charge in [0.05, 0.1) is 31.6 Å². The Bertz CT molecular complexity index is 1130. The molecule has 1 aliphatic heterocycles. The number of hydrogen-bond donors (Lipinski definition) is 3. The van der Waals surface area contributed by atoms with Crippen molar-refractivity contribution in [3.63, 3.8) is 0 Å². The second-order valence-corrected chi connectivity index (χ2v) is 10.8. The molecule has 7 N–H and O–H groups in total. The molecule has 168 valence electrons. The minimum absolute atomic E-state index is 0.604. The first-order valence-electron chi connectivity index (χ1n) is 8.59. The maximum absolute atomic E-state index is 9.08. The minimum atomic E-state index is -3.92. The van der Waals surface area contributed by atoms with Gasteiger partial charge in [0.1, 0.15) is 11.4 Å². The average Bonchev–Trinajstić information content (AvgIpc) is 2.57. The molecule has 3 rings (SSSR count). The average molecular weight is 478 g/mol. The van der Waals surface area contributed by atoms with Crippen LogP contribution in [0.3, 0.4) is 0 Å². The zero-order valence-electron chi connectivity index (χ0n) is 17.7. The van der Waals surface area contributed by atoms with Crippen molar-refractivity contribution in [2.75, 3.05) is 17.8 Å². The van der Waals surface area contributed by atoms with Crippen LogP contribution < -0.4 is 16.8 Å². The highest BCUT2D eigenvalue weighted by atomic mass is 32.2. The number of hydrogen-bond acceptors (Lipinski definition) is 8. The van der Waals surface area contributed by atoms with Gasteiger partial charge in [0.15, 0.2) is 0 Å². The van der Waals surface area contributed by atoms with Gasteiger partial charge in [-0.2, -0.15) is 0 Å². The molecule has 0 aliphatic carbocycles. The van der Waals surface area contributed by atoms with Crippen molar-refractivity contribution in [2.24, 2.45) is 0 Å². The fraction of sp³-hybridized carbons (Fsp3) is 0.333. The number of anilines is 2. The summed E-state index contributed by atoms with van der Waals surface area (Å²) >= 11 is 1.84. The van der Waals surface area contributed by atoms with Gasteiger partial charge in [0.25, 0.3) is 0 Å². The van der Waals surface area contributed by atoms with Crippen molar-refractivity contribution >= 4 is 54.7 Å². The van der Waals surface area contributed by atoms with Crippen molar-refractivity contribution in [3.8, 4) is 0 Å². The zero-order valence-corrected chi connectivity index (χ0v) is 20.2. The standard InChI is InChI=1S/C16H19N3S.2CH4O3S/c1-7-8(2)14-16(10(4)13(7)18)20-15-9(3)11(17)5-6-12(15)19-14;2*1-5(2,3)4/h5-6,19H,17-18H2,1-4H3;2*1H3,(H,2,3,4). The lowest BCUT2D eigenvalue weighted by Crippen LogP contribution is -2.42. The second-order valence-electron chi connectivity index (χ2n) is 6.92. The van der Waals surface area contributed by atoms with E-state index in [1.807, 2.05) is 11.8 Å². The summed E-state index contributed by atoms with van der Waals surface area (Å²) < 4.78 is 54.5. The molecule has 0 amide bonds. The van der Waals surface area contributed by atoms with Crippen LogP contribution in [0.1, 0.15) is 22.3 Å². The summed E-state index contributed by atoms with van der Waals surface area (Å²) in [5.41, 5.74) is 18.1. The van der Waals surface area contributed by atoms with Crippen LogP contribution in [0.2, 0.25) is 0 Å². The number of fused-ring (bicyclic) bond motifs is 2. The van der Waals surface area contributed by atoms with E-state index in [1.54, 1.807) is 0 Å². The van der Waals surface area contributed by atoms with Crippen LogP contribution in [0.4, 0.5) is 22.7 Å². The largest absolute Gasteiger partial charge is 0.748 e. The smallest absolute Gasteiger partial charge is 0.135 e. The van der Waals surface area contributed by atoms with E-state index in [0.29, 0.717) is 12.5 Å². The maximum Gasteiger partial charge on any atom is 0.135 e. The number of benzene rings is 2. The Balaban J connectivity index is 0.000000378. The molecule has 0 saturated carbocycles. The third-order valence-electron chi connectivity index (χ3n) is 4.39. The summed E-state index contributed by atoms with van der Waals surface area (Å²) in [6, 6.07) is 4.21. The SMILES string of the molecule is CS(=O)(=O)[O-].CS(=O)(=O)[O-].Cc1c(C)c2c(c(C)c1[NH3+])Sc1c(ccc([NH3+])c1C)N2. The first kappa shape index (κ1) is 26.4. The molecule has 30 heavy (non-hydrogen) atoms. The maximum atomic E-state index is 9.08. The van der Waals surface area contributed by atoms with Crippen molar-refractivity contribution in [1.82, 2.24) is 0 Å². The van der Waals surface area contributed by atoms with E-state index in [-0.39, 0.29) is 0 Å². The van der Waals surface area contributed by atoms with E-state index in [4.69, 9.17) is 25.9 Å². The number of nitrogens with one attached hydrogen (secondary N) is 1. The minimum Gasteiger partial charge on any atom is -0.748 e. The molecule has 1 aliphatic rings. The van der Waals surface area contributed by atoms with Gasteiger partial charge in [-0.15, -0.1) is 0 Å². The van der Waals surface area contributed by atoms with Gasteiger partial charge in [-0.1, -0.05) is 11.8 Å². The van der Waals surface area contributed by atoms with Crippen LogP contribution in [0.5, 0.6) is 0 Å². The van der Waals surface area contributed by atoms with Crippen molar-refractivity contribution in [2.45, 2.75) is 37.5 Å². The molecule has 9 nitrogen and oxygen atoms in total. The first-order valence-corrected chi connectivity index (χ1v) is 13.0. The molecule has 0 radical (unpaired) electrons. The quantitative estimate of drug-likeness (QED) is 0.403. The lowest BCUT2D eigenvalue weighted by atomic mass is 10.0. The van der Waals surface area contributed by atoms with Gasteiger partial charge in [-0.25, -0.2) is 16.8 Å². The molecular weight excluding hydrogens is 450 g/mol. The van der Waals surface area contributed by atoms with Crippen LogP contribution in [-0.2, 0) is 20.2 Å². The van der Waals surface area contributed by atoms with E-state index >= 15 is 0 Å². The summed E-state index contributed by atoms with van der Waals surface area (Å²) in [5.74, 6) is 0. The third kappa shape index (κ3) is 7.54. The van der Waals surface area contributed by atoms with E-state index in [2.05, 4.69) is 56.6 Å². The van der Waals surface area contributed by atoms with Crippen molar-refractivity contribution < 1.29 is 37.4 Å². The van der Waals surface area contributed by atoms with Gasteiger partial charge in [0.2, 0.25) is 0 Å². The topological polar surface area (TPSA) is 182 Å². The van der Waals surface area contributed by atoms with E-state index < -0.39 is 20.2 Å². The van der Waals surface area contributed by atoms with Crippen LogP contribution in [0.25, 0.3) is 0 Å². The summed E-state index contributed by atoms with van der Waals surface area (Å²) in [6.07, 6.45) is 1.21. The van der Waals surface area contributed by atoms with Crippen molar-refractivity contribution in [1.29, 1.82) is 0 Å². The van der Waals surface area contributed by atoms with Crippen LogP contribution in [0, 0.1) is 27.7 Å². The van der Waals surface area contributed by atoms with Gasteiger partial charge in [-0.05, 0) is 39.3 Å². The summed E-state index contributed by atoms with van der Waals surface area (Å²) in [6.45, 7) is 8.62. The van der Waals surface area contributed by atoms with E-state index in [9.17, 15) is 0 Å². The molecule has 0 saturated heterocycles. The van der Waals surface area contributed by atoms with E-state index in [0.717, 1.165) is 11.4 Å². The molecule has 0 unspecified atom stereocenters. The predicted molar refractivity (Wildman–Crippen MR) is 116 cm³/mol. The van der Waals surface area contributed by atoms with Crippen LogP contribution >= 0.6 is 11.8 Å². The van der Waals surface area contributed by atoms with E-state index in [1.165, 1.54) is 43.4 Å². The van der Waals surface area contributed by atoms with Gasteiger partial charge < -0.3 is 25.9 Å². The lowest BCUT2D eigenvalue weighted by Gasteiger charge is -2.26. The third-order valence-corrected chi connectivity index (χ3v) is 5.84.